The summed E-state index contributed by atoms with van der Waals surface area (Å²) in [7, 11) is 0. The molecule has 2 aromatic rings. The average Bonchev–Trinajstić information content (AvgIpc) is 2.34. The Labute approximate surface area is 118 Å². The van der Waals surface area contributed by atoms with E-state index in [1.165, 1.54) is 0 Å². The molecule has 3 nitrogen and oxygen atoms in total. The molecule has 1 aromatic carbocycles. The molecule has 18 heavy (non-hydrogen) atoms. The summed E-state index contributed by atoms with van der Waals surface area (Å²) in [6, 6.07) is 8.87. The van der Waals surface area contributed by atoms with Crippen LogP contribution in [0, 0.1) is 6.92 Å². The van der Waals surface area contributed by atoms with Gasteiger partial charge in [-0.1, -0.05) is 17.7 Å². The lowest BCUT2D eigenvalue weighted by molar-refractivity contribution is 0.102. The second-order valence-electron chi connectivity index (χ2n) is 3.75. The van der Waals surface area contributed by atoms with Crippen molar-refractivity contribution in [3.8, 4) is 0 Å². The zero-order valence-electron chi connectivity index (χ0n) is 9.58. The fraction of sp³-hybridized carbons (Fsp3) is 0.0769. The number of carbonyl (C=O) groups is 1. The highest BCUT2D eigenvalue weighted by molar-refractivity contribution is 9.10. The summed E-state index contributed by atoms with van der Waals surface area (Å²) in [6.07, 6.45) is 1.57. The van der Waals surface area contributed by atoms with Gasteiger partial charge in [-0.25, -0.2) is 4.98 Å². The van der Waals surface area contributed by atoms with Gasteiger partial charge in [0.15, 0.2) is 0 Å². The van der Waals surface area contributed by atoms with Crippen LogP contribution in [0.1, 0.15) is 16.1 Å². The van der Waals surface area contributed by atoms with Crippen LogP contribution in [0.3, 0.4) is 0 Å². The first-order valence-corrected chi connectivity index (χ1v) is 6.43. The summed E-state index contributed by atoms with van der Waals surface area (Å²) >= 11 is 9.20. The van der Waals surface area contributed by atoms with Gasteiger partial charge in [0.1, 0.15) is 5.69 Å². The van der Waals surface area contributed by atoms with Crippen molar-refractivity contribution >= 4 is 39.1 Å². The van der Waals surface area contributed by atoms with Gasteiger partial charge in [-0.2, -0.15) is 0 Å². The minimum Gasteiger partial charge on any atom is -0.320 e. The van der Waals surface area contributed by atoms with Gasteiger partial charge in [-0.3, -0.25) is 4.79 Å². The van der Waals surface area contributed by atoms with E-state index in [-0.39, 0.29) is 5.91 Å². The molecule has 0 aliphatic carbocycles. The van der Waals surface area contributed by atoms with Crippen LogP contribution in [0.2, 0.25) is 5.02 Å². The van der Waals surface area contributed by atoms with Crippen LogP contribution in [0.15, 0.2) is 41.0 Å². The van der Waals surface area contributed by atoms with Crippen molar-refractivity contribution in [3.05, 3.63) is 57.3 Å². The predicted molar refractivity (Wildman–Crippen MR) is 76.1 cm³/mol. The van der Waals surface area contributed by atoms with Crippen molar-refractivity contribution < 1.29 is 4.79 Å². The van der Waals surface area contributed by atoms with Crippen molar-refractivity contribution in [3.63, 3.8) is 0 Å². The Morgan fingerprint density at radius 3 is 2.89 bits per heavy atom. The van der Waals surface area contributed by atoms with Crippen molar-refractivity contribution in [1.29, 1.82) is 0 Å². The summed E-state index contributed by atoms with van der Waals surface area (Å²) in [6.45, 7) is 1.90. The first-order chi connectivity index (χ1) is 8.58. The molecular formula is C13H10BrClN2O. The Bertz CT molecular complexity index is 601. The molecule has 1 heterocycles. The lowest BCUT2D eigenvalue weighted by Gasteiger charge is -2.09. The van der Waals surface area contributed by atoms with Gasteiger partial charge in [0, 0.05) is 21.4 Å². The molecule has 1 aromatic heterocycles. The topological polar surface area (TPSA) is 42.0 Å². The number of hydrogen-bond acceptors (Lipinski definition) is 2. The molecule has 0 fully saturated rings. The minimum absolute atomic E-state index is 0.271. The molecule has 0 radical (unpaired) electrons. The van der Waals surface area contributed by atoms with E-state index >= 15 is 0 Å². The van der Waals surface area contributed by atoms with Crippen molar-refractivity contribution in [2.75, 3.05) is 5.32 Å². The zero-order valence-corrected chi connectivity index (χ0v) is 11.9. The fourth-order valence-electron chi connectivity index (χ4n) is 1.46. The van der Waals surface area contributed by atoms with Crippen LogP contribution in [0.25, 0.3) is 0 Å². The highest BCUT2D eigenvalue weighted by atomic mass is 79.9. The van der Waals surface area contributed by atoms with Gasteiger partial charge < -0.3 is 5.32 Å². The number of halogens is 2. The van der Waals surface area contributed by atoms with E-state index in [1.807, 2.05) is 13.0 Å². The molecule has 0 spiro atoms. The largest absolute Gasteiger partial charge is 0.320 e. The number of rotatable bonds is 2. The first kappa shape index (κ1) is 13.1. The number of nitrogens with one attached hydrogen (secondary N) is 1. The molecule has 92 valence electrons. The van der Waals surface area contributed by atoms with Crippen molar-refractivity contribution in [1.82, 2.24) is 4.98 Å². The van der Waals surface area contributed by atoms with Crippen LogP contribution in [-0.4, -0.2) is 10.9 Å². The van der Waals surface area contributed by atoms with Crippen LogP contribution in [0.5, 0.6) is 0 Å². The number of anilines is 1. The van der Waals surface area contributed by atoms with Crippen molar-refractivity contribution in [2.24, 2.45) is 0 Å². The quantitative estimate of drug-likeness (QED) is 0.905. The normalized spacial score (nSPS) is 10.2. The maximum Gasteiger partial charge on any atom is 0.275 e. The molecule has 0 saturated carbocycles. The number of pyridine rings is 1. The molecule has 1 N–H and O–H groups in total. The molecule has 0 unspecified atom stereocenters. The van der Waals surface area contributed by atoms with E-state index < -0.39 is 0 Å². The molecule has 0 aliphatic rings. The Morgan fingerprint density at radius 2 is 2.17 bits per heavy atom. The number of nitrogens with zero attached hydrogens (tertiary/aromatic N) is 1. The van der Waals surface area contributed by atoms with E-state index in [0.29, 0.717) is 20.9 Å². The summed E-state index contributed by atoms with van der Waals surface area (Å²) < 4.78 is 0.655. The number of hydrogen-bond donors (Lipinski definition) is 1. The highest BCUT2D eigenvalue weighted by Crippen LogP contribution is 2.22. The SMILES string of the molecule is Cc1ccc(Cl)cc1NC(=O)c1ncccc1Br. The third kappa shape index (κ3) is 2.89. The molecular weight excluding hydrogens is 316 g/mol. The smallest absolute Gasteiger partial charge is 0.275 e. The van der Waals surface area contributed by atoms with Crippen LogP contribution < -0.4 is 5.32 Å². The molecule has 2 rings (SSSR count). The highest BCUT2D eigenvalue weighted by Gasteiger charge is 2.12. The monoisotopic (exact) mass is 324 g/mol. The Morgan fingerprint density at radius 1 is 1.39 bits per heavy atom. The molecule has 5 heteroatoms. The number of amides is 1. The maximum atomic E-state index is 12.1. The van der Waals surface area contributed by atoms with E-state index in [0.717, 1.165) is 5.56 Å². The van der Waals surface area contributed by atoms with Gasteiger partial charge >= 0.3 is 0 Å². The zero-order chi connectivity index (χ0) is 13.1. The lowest BCUT2D eigenvalue weighted by Crippen LogP contribution is -2.15. The average molecular weight is 326 g/mol. The number of benzene rings is 1. The Balaban J connectivity index is 2.27. The predicted octanol–water partition coefficient (Wildman–Crippen LogP) is 4.06. The van der Waals surface area contributed by atoms with Crippen LogP contribution in [0.4, 0.5) is 5.69 Å². The summed E-state index contributed by atoms with van der Waals surface area (Å²) in [5, 5.41) is 3.37. The van der Waals surface area contributed by atoms with E-state index in [9.17, 15) is 4.79 Å². The molecule has 0 atom stereocenters. The number of carbonyl (C=O) groups excluding carboxylic acids is 1. The molecule has 0 saturated heterocycles. The standard InChI is InChI=1S/C13H10BrClN2O/c1-8-4-5-9(15)7-11(8)17-13(18)12-10(14)3-2-6-16-12/h2-7H,1H3,(H,17,18). The second kappa shape index (κ2) is 5.50. The Hall–Kier alpha value is -1.39. The second-order valence-corrected chi connectivity index (χ2v) is 5.04. The van der Waals surface area contributed by atoms with Gasteiger partial charge in [0.25, 0.3) is 5.91 Å². The van der Waals surface area contributed by atoms with Gasteiger partial charge in [-0.05, 0) is 52.7 Å². The van der Waals surface area contributed by atoms with Gasteiger partial charge in [-0.15, -0.1) is 0 Å². The summed E-state index contributed by atoms with van der Waals surface area (Å²) in [5.74, 6) is -0.271. The fourth-order valence-corrected chi connectivity index (χ4v) is 2.07. The molecule has 1 amide bonds. The minimum atomic E-state index is -0.271. The first-order valence-electron chi connectivity index (χ1n) is 5.26. The number of aryl methyl sites for hydroxylation is 1. The third-order valence-electron chi connectivity index (χ3n) is 2.42. The van der Waals surface area contributed by atoms with Crippen LogP contribution in [-0.2, 0) is 0 Å². The molecule has 0 aliphatic heterocycles. The van der Waals surface area contributed by atoms with Crippen molar-refractivity contribution in [2.45, 2.75) is 6.92 Å². The third-order valence-corrected chi connectivity index (χ3v) is 3.30. The Kier molecular flexibility index (Phi) is 3.99. The van der Waals surface area contributed by atoms with Crippen LogP contribution >= 0.6 is 27.5 Å². The maximum absolute atomic E-state index is 12.1. The number of aromatic nitrogens is 1. The van der Waals surface area contributed by atoms with Gasteiger partial charge in [0.05, 0.1) is 0 Å². The summed E-state index contributed by atoms with van der Waals surface area (Å²) in [4.78, 5) is 16.1. The van der Waals surface area contributed by atoms with E-state index in [1.54, 1.807) is 30.5 Å². The van der Waals surface area contributed by atoms with Gasteiger partial charge in [0.2, 0.25) is 0 Å². The van der Waals surface area contributed by atoms with E-state index in [4.69, 9.17) is 11.6 Å². The lowest BCUT2D eigenvalue weighted by atomic mass is 10.2. The molecule has 0 bridgehead atoms. The van der Waals surface area contributed by atoms with E-state index in [2.05, 4.69) is 26.2 Å². The summed E-state index contributed by atoms with van der Waals surface area (Å²) in [5.41, 5.74) is 1.97.